The second-order valence-electron chi connectivity index (χ2n) is 4.78. The van der Waals surface area contributed by atoms with Gasteiger partial charge in [-0.1, -0.05) is 12.1 Å². The molecule has 0 aliphatic carbocycles. The first kappa shape index (κ1) is 13.4. The number of likely N-dealkylation sites (tertiary alicyclic amines) is 1. The number of carboxylic acids is 1. The number of piperidine rings is 1. The zero-order chi connectivity index (χ0) is 13.8. The molecule has 1 aliphatic heterocycles. The number of urea groups is 1. The third-order valence-electron chi connectivity index (χ3n) is 3.37. The fourth-order valence-electron chi connectivity index (χ4n) is 2.35. The van der Waals surface area contributed by atoms with E-state index < -0.39 is 5.97 Å². The maximum absolute atomic E-state index is 12.1. The minimum absolute atomic E-state index is 0.160. The summed E-state index contributed by atoms with van der Waals surface area (Å²) in [6, 6.07) is 4.87. The van der Waals surface area contributed by atoms with Crippen LogP contribution in [-0.2, 0) is 0 Å². The number of hydrogen-bond acceptors (Lipinski definition) is 2. The van der Waals surface area contributed by atoms with Crippen molar-refractivity contribution in [3.63, 3.8) is 0 Å². The van der Waals surface area contributed by atoms with Crippen LogP contribution < -0.4 is 5.32 Å². The third-order valence-corrected chi connectivity index (χ3v) is 3.37. The zero-order valence-electron chi connectivity index (χ0n) is 11.0. The number of hydrogen-bond donors (Lipinski definition) is 2. The summed E-state index contributed by atoms with van der Waals surface area (Å²) in [5, 5.41) is 11.9. The van der Waals surface area contributed by atoms with E-state index in [0.717, 1.165) is 32.4 Å². The molecule has 1 fully saturated rings. The van der Waals surface area contributed by atoms with Crippen molar-refractivity contribution in [1.29, 1.82) is 0 Å². The van der Waals surface area contributed by atoms with Crippen molar-refractivity contribution in [1.82, 2.24) is 4.90 Å². The maximum Gasteiger partial charge on any atom is 0.338 e. The average Bonchev–Trinajstić information content (AvgIpc) is 2.39. The van der Waals surface area contributed by atoms with E-state index in [4.69, 9.17) is 0 Å². The number of carbonyl (C=O) groups is 2. The number of carboxylic acid groups (broad SMARTS) is 1. The summed E-state index contributed by atoms with van der Waals surface area (Å²) in [6.45, 7) is 3.19. The van der Waals surface area contributed by atoms with E-state index in [0.29, 0.717) is 11.3 Å². The quantitative estimate of drug-likeness (QED) is 0.861. The lowest BCUT2D eigenvalue weighted by molar-refractivity contribution is 0.0697. The summed E-state index contributed by atoms with van der Waals surface area (Å²) in [7, 11) is 0. The van der Waals surface area contributed by atoms with Crippen LogP contribution >= 0.6 is 0 Å². The summed E-state index contributed by atoms with van der Waals surface area (Å²) in [4.78, 5) is 25.0. The molecule has 0 saturated carbocycles. The van der Waals surface area contributed by atoms with Gasteiger partial charge in [-0.25, -0.2) is 9.59 Å². The molecule has 19 heavy (non-hydrogen) atoms. The highest BCUT2D eigenvalue weighted by Crippen LogP contribution is 2.20. The Morgan fingerprint density at radius 2 is 1.89 bits per heavy atom. The van der Waals surface area contributed by atoms with Crippen LogP contribution in [0.2, 0.25) is 0 Å². The lowest BCUT2D eigenvalue weighted by atomic mass is 10.1. The standard InChI is InChI=1S/C14H18N2O3/c1-10-6-5-7-11(12(10)13(17)18)15-14(19)16-8-3-2-4-9-16/h5-7H,2-4,8-9H2,1H3,(H,15,19)(H,17,18). The van der Waals surface area contributed by atoms with E-state index in [1.165, 1.54) is 0 Å². The molecule has 0 spiro atoms. The van der Waals surface area contributed by atoms with Crippen LogP contribution in [0.5, 0.6) is 0 Å². The molecule has 1 aliphatic rings. The number of anilines is 1. The molecule has 1 saturated heterocycles. The highest BCUT2D eigenvalue weighted by molar-refractivity contribution is 6.01. The third kappa shape index (κ3) is 3.05. The summed E-state index contributed by atoms with van der Waals surface area (Å²) in [5.41, 5.74) is 1.17. The average molecular weight is 262 g/mol. The Morgan fingerprint density at radius 1 is 1.21 bits per heavy atom. The summed E-state index contributed by atoms with van der Waals surface area (Å²) in [6.07, 6.45) is 3.16. The van der Waals surface area contributed by atoms with Crippen molar-refractivity contribution in [3.05, 3.63) is 29.3 Å². The van der Waals surface area contributed by atoms with E-state index in [1.54, 1.807) is 30.0 Å². The van der Waals surface area contributed by atoms with Gasteiger partial charge < -0.3 is 15.3 Å². The van der Waals surface area contributed by atoms with Crippen molar-refractivity contribution < 1.29 is 14.7 Å². The van der Waals surface area contributed by atoms with Gasteiger partial charge in [0.1, 0.15) is 0 Å². The van der Waals surface area contributed by atoms with E-state index in [-0.39, 0.29) is 11.6 Å². The normalized spacial score (nSPS) is 15.1. The monoisotopic (exact) mass is 262 g/mol. The molecule has 1 heterocycles. The van der Waals surface area contributed by atoms with Crippen molar-refractivity contribution in [2.75, 3.05) is 18.4 Å². The summed E-state index contributed by atoms with van der Waals surface area (Å²) < 4.78 is 0. The number of carbonyl (C=O) groups excluding carboxylic acids is 1. The number of amides is 2. The molecular formula is C14H18N2O3. The molecule has 2 amide bonds. The van der Waals surface area contributed by atoms with E-state index in [9.17, 15) is 14.7 Å². The first-order chi connectivity index (χ1) is 9.09. The van der Waals surface area contributed by atoms with Crippen LogP contribution in [0.3, 0.4) is 0 Å². The van der Waals surface area contributed by atoms with Crippen molar-refractivity contribution in [3.8, 4) is 0 Å². The van der Waals surface area contributed by atoms with Gasteiger partial charge >= 0.3 is 12.0 Å². The van der Waals surface area contributed by atoms with E-state index >= 15 is 0 Å². The maximum atomic E-state index is 12.1. The van der Waals surface area contributed by atoms with Crippen molar-refractivity contribution >= 4 is 17.7 Å². The molecule has 1 aromatic carbocycles. The smallest absolute Gasteiger partial charge is 0.338 e. The lowest BCUT2D eigenvalue weighted by Crippen LogP contribution is -2.39. The Balaban J connectivity index is 2.16. The van der Waals surface area contributed by atoms with Gasteiger partial charge in [0.25, 0.3) is 0 Å². The molecular weight excluding hydrogens is 244 g/mol. The fraction of sp³-hybridized carbons (Fsp3) is 0.429. The van der Waals surface area contributed by atoms with Crippen LogP contribution in [0.1, 0.15) is 35.2 Å². The summed E-state index contributed by atoms with van der Waals surface area (Å²) in [5.74, 6) is -1.02. The number of benzene rings is 1. The highest BCUT2D eigenvalue weighted by atomic mass is 16.4. The first-order valence-corrected chi connectivity index (χ1v) is 6.48. The molecule has 0 bridgehead atoms. The second kappa shape index (κ2) is 5.73. The molecule has 0 radical (unpaired) electrons. The molecule has 5 nitrogen and oxygen atoms in total. The number of aryl methyl sites for hydroxylation is 1. The molecule has 0 unspecified atom stereocenters. The van der Waals surface area contributed by atoms with Gasteiger partial charge in [-0.15, -0.1) is 0 Å². The molecule has 1 aromatic rings. The topological polar surface area (TPSA) is 69.6 Å². The van der Waals surface area contributed by atoms with Gasteiger partial charge in [-0.05, 0) is 37.8 Å². The predicted octanol–water partition coefficient (Wildman–Crippen LogP) is 2.71. The number of aromatic carboxylic acids is 1. The second-order valence-corrected chi connectivity index (χ2v) is 4.78. The van der Waals surface area contributed by atoms with Gasteiger partial charge in [0.15, 0.2) is 0 Å². The van der Waals surface area contributed by atoms with Crippen molar-refractivity contribution in [2.45, 2.75) is 26.2 Å². The van der Waals surface area contributed by atoms with Gasteiger partial charge in [0.05, 0.1) is 11.3 Å². The Bertz CT molecular complexity index is 493. The Hall–Kier alpha value is -2.04. The number of nitrogens with one attached hydrogen (secondary N) is 1. The van der Waals surface area contributed by atoms with Crippen LogP contribution in [-0.4, -0.2) is 35.1 Å². The minimum Gasteiger partial charge on any atom is -0.478 e. The molecule has 102 valence electrons. The zero-order valence-corrected chi connectivity index (χ0v) is 11.0. The van der Waals surface area contributed by atoms with Crippen LogP contribution in [0.15, 0.2) is 18.2 Å². The summed E-state index contributed by atoms with van der Waals surface area (Å²) >= 11 is 0. The van der Waals surface area contributed by atoms with E-state index in [1.807, 2.05) is 0 Å². The highest BCUT2D eigenvalue weighted by Gasteiger charge is 2.19. The van der Waals surface area contributed by atoms with Crippen molar-refractivity contribution in [2.24, 2.45) is 0 Å². The number of rotatable bonds is 2. The molecule has 5 heteroatoms. The Labute approximate surface area is 112 Å². The molecule has 2 rings (SSSR count). The van der Waals surface area contributed by atoms with Crippen LogP contribution in [0.25, 0.3) is 0 Å². The van der Waals surface area contributed by atoms with Gasteiger partial charge in [0.2, 0.25) is 0 Å². The van der Waals surface area contributed by atoms with Gasteiger partial charge in [-0.2, -0.15) is 0 Å². The predicted molar refractivity (Wildman–Crippen MR) is 72.6 cm³/mol. The fourth-order valence-corrected chi connectivity index (χ4v) is 2.35. The minimum atomic E-state index is -1.02. The largest absolute Gasteiger partial charge is 0.478 e. The Morgan fingerprint density at radius 3 is 2.53 bits per heavy atom. The van der Waals surface area contributed by atoms with Crippen LogP contribution in [0, 0.1) is 6.92 Å². The SMILES string of the molecule is Cc1cccc(NC(=O)N2CCCCC2)c1C(=O)O. The molecule has 0 aromatic heterocycles. The lowest BCUT2D eigenvalue weighted by Gasteiger charge is -2.27. The first-order valence-electron chi connectivity index (χ1n) is 6.48. The molecule has 2 N–H and O–H groups in total. The number of nitrogens with zero attached hydrogens (tertiary/aromatic N) is 1. The Kier molecular flexibility index (Phi) is 4.04. The molecule has 0 atom stereocenters. The van der Waals surface area contributed by atoms with Gasteiger partial charge in [-0.3, -0.25) is 0 Å². The van der Waals surface area contributed by atoms with Gasteiger partial charge in [0, 0.05) is 13.1 Å². The van der Waals surface area contributed by atoms with E-state index in [2.05, 4.69) is 5.32 Å². The van der Waals surface area contributed by atoms with Crippen LogP contribution in [0.4, 0.5) is 10.5 Å².